The first kappa shape index (κ1) is 12.5. The Morgan fingerprint density at radius 3 is 2.67 bits per heavy atom. The quantitative estimate of drug-likeness (QED) is 0.821. The van der Waals surface area contributed by atoms with Crippen LogP contribution < -0.4 is 5.32 Å². The first-order chi connectivity index (χ1) is 6.84. The maximum atomic E-state index is 10.3. The van der Waals surface area contributed by atoms with Crippen LogP contribution >= 0.6 is 11.6 Å². The molecule has 1 aromatic rings. The van der Waals surface area contributed by atoms with Crippen molar-refractivity contribution >= 4 is 11.6 Å². The number of halogens is 1. The Morgan fingerprint density at radius 1 is 1.67 bits per heavy atom. The van der Waals surface area contributed by atoms with E-state index in [1.165, 1.54) is 0 Å². The number of aliphatic hydroxyl groups is 1. The highest BCUT2D eigenvalue weighted by atomic mass is 35.5. The van der Waals surface area contributed by atoms with Gasteiger partial charge in [0.25, 0.3) is 0 Å². The van der Waals surface area contributed by atoms with Crippen molar-refractivity contribution in [3.63, 3.8) is 0 Å². The van der Waals surface area contributed by atoms with Gasteiger partial charge in [0.15, 0.2) is 0 Å². The fourth-order valence-electron chi connectivity index (χ4n) is 1.50. The molecule has 0 spiro atoms. The molecular formula is C10H18ClN3O. The summed E-state index contributed by atoms with van der Waals surface area (Å²) in [6.07, 6.45) is 1.54. The molecule has 86 valence electrons. The van der Waals surface area contributed by atoms with Crippen molar-refractivity contribution in [2.75, 3.05) is 6.54 Å². The highest BCUT2D eigenvalue weighted by molar-refractivity contribution is 6.31. The molecule has 0 saturated heterocycles. The van der Waals surface area contributed by atoms with Crippen molar-refractivity contribution in [3.8, 4) is 0 Å². The van der Waals surface area contributed by atoms with Crippen LogP contribution in [0.3, 0.4) is 0 Å². The zero-order valence-corrected chi connectivity index (χ0v) is 10.3. The number of aryl methyl sites for hydroxylation is 1. The van der Waals surface area contributed by atoms with Crippen LogP contribution in [0.5, 0.6) is 0 Å². The SMILES string of the molecule is CC(C)NCC(C)(O)c1c(Cl)cnn1C. The molecule has 0 amide bonds. The molecule has 0 aliphatic carbocycles. The molecule has 0 bridgehead atoms. The molecule has 5 heteroatoms. The Hall–Kier alpha value is -0.580. The van der Waals surface area contributed by atoms with E-state index < -0.39 is 5.60 Å². The Bertz CT molecular complexity index is 314. The molecule has 0 aliphatic heterocycles. The summed E-state index contributed by atoms with van der Waals surface area (Å²) in [4.78, 5) is 0. The van der Waals surface area contributed by atoms with Crippen molar-refractivity contribution < 1.29 is 5.11 Å². The monoisotopic (exact) mass is 231 g/mol. The smallest absolute Gasteiger partial charge is 0.117 e. The molecular weight excluding hydrogens is 214 g/mol. The highest BCUT2D eigenvalue weighted by Gasteiger charge is 2.29. The van der Waals surface area contributed by atoms with Gasteiger partial charge in [0.2, 0.25) is 0 Å². The van der Waals surface area contributed by atoms with Crippen LogP contribution in [0.2, 0.25) is 5.02 Å². The fraction of sp³-hybridized carbons (Fsp3) is 0.700. The molecule has 15 heavy (non-hydrogen) atoms. The molecule has 0 aromatic carbocycles. The predicted molar refractivity (Wildman–Crippen MR) is 60.9 cm³/mol. The molecule has 0 fully saturated rings. The maximum Gasteiger partial charge on any atom is 0.117 e. The molecule has 1 rings (SSSR count). The van der Waals surface area contributed by atoms with Crippen molar-refractivity contribution in [1.29, 1.82) is 0 Å². The second-order valence-electron chi connectivity index (χ2n) is 4.27. The third-order valence-corrected chi connectivity index (χ3v) is 2.54. The second kappa shape index (κ2) is 4.51. The molecule has 2 N–H and O–H groups in total. The summed E-state index contributed by atoms with van der Waals surface area (Å²) in [6, 6.07) is 0.323. The minimum absolute atomic E-state index is 0.323. The van der Waals surface area contributed by atoms with E-state index in [0.717, 1.165) is 0 Å². The summed E-state index contributed by atoms with van der Waals surface area (Å²) in [5, 5.41) is 18.0. The van der Waals surface area contributed by atoms with Crippen LogP contribution in [0.4, 0.5) is 0 Å². The molecule has 0 saturated carbocycles. The molecule has 1 unspecified atom stereocenters. The largest absolute Gasteiger partial charge is 0.382 e. The summed E-state index contributed by atoms with van der Waals surface area (Å²) in [5.41, 5.74) is -0.371. The first-order valence-corrected chi connectivity index (χ1v) is 5.36. The molecule has 1 atom stereocenters. The Balaban J connectivity index is 2.85. The number of nitrogens with zero attached hydrogens (tertiary/aromatic N) is 2. The number of rotatable bonds is 4. The summed E-state index contributed by atoms with van der Waals surface area (Å²) < 4.78 is 1.60. The summed E-state index contributed by atoms with van der Waals surface area (Å²) in [6.45, 7) is 6.23. The van der Waals surface area contributed by atoms with Crippen LogP contribution in [-0.4, -0.2) is 27.5 Å². The van der Waals surface area contributed by atoms with E-state index in [4.69, 9.17) is 11.6 Å². The van der Waals surface area contributed by atoms with Gasteiger partial charge in [0, 0.05) is 19.6 Å². The van der Waals surface area contributed by atoms with Crippen LogP contribution in [0.1, 0.15) is 26.5 Å². The number of hydrogen-bond acceptors (Lipinski definition) is 3. The Morgan fingerprint density at radius 2 is 2.27 bits per heavy atom. The van der Waals surface area contributed by atoms with E-state index in [1.807, 2.05) is 13.8 Å². The average molecular weight is 232 g/mol. The second-order valence-corrected chi connectivity index (χ2v) is 4.68. The van der Waals surface area contributed by atoms with Gasteiger partial charge in [-0.1, -0.05) is 25.4 Å². The van der Waals surface area contributed by atoms with E-state index >= 15 is 0 Å². The van der Waals surface area contributed by atoms with E-state index in [0.29, 0.717) is 23.3 Å². The van der Waals surface area contributed by atoms with Crippen LogP contribution in [0.25, 0.3) is 0 Å². The lowest BCUT2D eigenvalue weighted by Gasteiger charge is -2.25. The highest BCUT2D eigenvalue weighted by Crippen LogP contribution is 2.26. The van der Waals surface area contributed by atoms with Gasteiger partial charge in [0.05, 0.1) is 16.9 Å². The van der Waals surface area contributed by atoms with Crippen molar-refractivity contribution in [2.45, 2.75) is 32.4 Å². The van der Waals surface area contributed by atoms with Gasteiger partial charge < -0.3 is 10.4 Å². The molecule has 1 heterocycles. The lowest BCUT2D eigenvalue weighted by atomic mass is 10.0. The Labute approximate surface area is 95.2 Å². The van der Waals surface area contributed by atoms with E-state index in [1.54, 1.807) is 24.9 Å². The summed E-state index contributed by atoms with van der Waals surface area (Å²) in [7, 11) is 1.77. The lowest BCUT2D eigenvalue weighted by Crippen LogP contribution is -2.40. The molecule has 1 aromatic heterocycles. The summed E-state index contributed by atoms with van der Waals surface area (Å²) in [5.74, 6) is 0. The van der Waals surface area contributed by atoms with Crippen molar-refractivity contribution in [2.24, 2.45) is 7.05 Å². The normalized spacial score (nSPS) is 15.7. The topological polar surface area (TPSA) is 50.1 Å². The fourth-order valence-corrected chi connectivity index (χ4v) is 1.87. The predicted octanol–water partition coefficient (Wildman–Crippen LogP) is 1.28. The first-order valence-electron chi connectivity index (χ1n) is 4.98. The van der Waals surface area contributed by atoms with Gasteiger partial charge in [-0.05, 0) is 6.92 Å². The van der Waals surface area contributed by atoms with Crippen molar-refractivity contribution in [3.05, 3.63) is 16.9 Å². The average Bonchev–Trinajstić information content (AvgIpc) is 2.43. The van der Waals surface area contributed by atoms with Gasteiger partial charge in [-0.3, -0.25) is 4.68 Å². The third-order valence-electron chi connectivity index (χ3n) is 2.26. The number of nitrogens with one attached hydrogen (secondary N) is 1. The zero-order valence-electron chi connectivity index (χ0n) is 9.58. The molecule has 0 radical (unpaired) electrons. The minimum Gasteiger partial charge on any atom is -0.382 e. The molecule has 4 nitrogen and oxygen atoms in total. The van der Waals surface area contributed by atoms with Crippen LogP contribution in [-0.2, 0) is 12.6 Å². The standard InChI is InChI=1S/C10H18ClN3O/c1-7(2)12-6-10(3,15)9-8(11)5-13-14(9)4/h5,7,12,15H,6H2,1-4H3. The van der Waals surface area contributed by atoms with E-state index in [-0.39, 0.29) is 0 Å². The minimum atomic E-state index is -1.01. The van der Waals surface area contributed by atoms with E-state index in [9.17, 15) is 5.11 Å². The number of aromatic nitrogens is 2. The maximum absolute atomic E-state index is 10.3. The van der Waals surface area contributed by atoms with Gasteiger partial charge in [-0.25, -0.2) is 0 Å². The third kappa shape index (κ3) is 2.93. The zero-order chi connectivity index (χ0) is 11.6. The van der Waals surface area contributed by atoms with Crippen LogP contribution in [0.15, 0.2) is 6.20 Å². The van der Waals surface area contributed by atoms with Gasteiger partial charge in [-0.2, -0.15) is 5.10 Å². The number of hydrogen-bond donors (Lipinski definition) is 2. The van der Waals surface area contributed by atoms with Gasteiger partial charge in [-0.15, -0.1) is 0 Å². The lowest BCUT2D eigenvalue weighted by molar-refractivity contribution is 0.0467. The van der Waals surface area contributed by atoms with Crippen LogP contribution in [0, 0.1) is 0 Å². The van der Waals surface area contributed by atoms with Gasteiger partial charge in [0.1, 0.15) is 5.60 Å². The molecule has 0 aliphatic rings. The summed E-state index contributed by atoms with van der Waals surface area (Å²) >= 11 is 5.97. The van der Waals surface area contributed by atoms with Crippen molar-refractivity contribution in [1.82, 2.24) is 15.1 Å². The Kier molecular flexibility index (Phi) is 3.76. The van der Waals surface area contributed by atoms with Gasteiger partial charge >= 0.3 is 0 Å². The van der Waals surface area contributed by atoms with E-state index in [2.05, 4.69) is 10.4 Å².